The highest BCUT2D eigenvalue weighted by Crippen LogP contribution is 2.20. The van der Waals surface area contributed by atoms with Crippen LogP contribution >= 0.6 is 0 Å². The van der Waals surface area contributed by atoms with E-state index in [9.17, 15) is 0 Å². The van der Waals surface area contributed by atoms with Crippen molar-refractivity contribution in [2.45, 2.75) is 19.9 Å². The van der Waals surface area contributed by atoms with E-state index >= 15 is 0 Å². The second kappa shape index (κ2) is 6.17. The quantitative estimate of drug-likeness (QED) is 0.768. The van der Waals surface area contributed by atoms with Gasteiger partial charge in [0.25, 0.3) is 0 Å². The number of nitrogens with zero attached hydrogens (tertiary/aromatic N) is 1. The average molecular weight is 225 g/mol. The molecular formula is C11H19N3O2. The van der Waals surface area contributed by atoms with Crippen molar-refractivity contribution in [3.8, 4) is 5.88 Å². The summed E-state index contributed by atoms with van der Waals surface area (Å²) in [5.41, 5.74) is 6.20. The first-order chi connectivity index (χ1) is 7.67. The van der Waals surface area contributed by atoms with Crippen LogP contribution in [0.15, 0.2) is 12.1 Å². The Morgan fingerprint density at radius 1 is 1.50 bits per heavy atom. The summed E-state index contributed by atoms with van der Waals surface area (Å²) in [6, 6.07) is 3.78. The lowest BCUT2D eigenvalue weighted by Crippen LogP contribution is -2.22. The van der Waals surface area contributed by atoms with Crippen molar-refractivity contribution in [2.75, 3.05) is 31.4 Å². The zero-order valence-corrected chi connectivity index (χ0v) is 9.99. The molecule has 1 heterocycles. The Labute approximate surface area is 96.0 Å². The van der Waals surface area contributed by atoms with Gasteiger partial charge in [-0.05, 0) is 26.0 Å². The summed E-state index contributed by atoms with van der Waals surface area (Å²) >= 11 is 0. The highest BCUT2D eigenvalue weighted by atomic mass is 16.5. The molecule has 1 atom stereocenters. The van der Waals surface area contributed by atoms with Crippen LogP contribution in [0.3, 0.4) is 0 Å². The summed E-state index contributed by atoms with van der Waals surface area (Å²) in [5.74, 6) is 1.17. The van der Waals surface area contributed by atoms with Gasteiger partial charge in [0.15, 0.2) is 0 Å². The Balaban J connectivity index is 2.59. The molecule has 0 radical (unpaired) electrons. The maximum Gasteiger partial charge on any atom is 0.238 e. The maximum absolute atomic E-state index is 5.67. The summed E-state index contributed by atoms with van der Waals surface area (Å²) in [6.45, 7) is 5.35. The van der Waals surface area contributed by atoms with Crippen LogP contribution in [0.2, 0.25) is 0 Å². The van der Waals surface area contributed by atoms with E-state index in [0.29, 0.717) is 24.8 Å². The Kier molecular flexibility index (Phi) is 4.85. The molecule has 1 unspecified atom stereocenters. The zero-order valence-electron chi connectivity index (χ0n) is 9.99. The highest BCUT2D eigenvalue weighted by molar-refractivity contribution is 5.53. The van der Waals surface area contributed by atoms with Gasteiger partial charge in [0.05, 0.1) is 19.4 Å². The SMILES string of the molecule is CCOCC(C)Nc1ccc(N)c(OC)n1. The number of nitrogens with one attached hydrogen (secondary N) is 1. The van der Waals surface area contributed by atoms with Gasteiger partial charge in [-0.1, -0.05) is 0 Å². The molecule has 1 rings (SSSR count). The zero-order chi connectivity index (χ0) is 12.0. The summed E-state index contributed by atoms with van der Waals surface area (Å²) in [7, 11) is 1.55. The first-order valence-corrected chi connectivity index (χ1v) is 5.32. The number of nitrogens with two attached hydrogens (primary N) is 1. The van der Waals surface area contributed by atoms with Gasteiger partial charge >= 0.3 is 0 Å². The van der Waals surface area contributed by atoms with Gasteiger partial charge in [-0.15, -0.1) is 0 Å². The van der Waals surface area contributed by atoms with Crippen molar-refractivity contribution in [1.82, 2.24) is 4.98 Å². The number of anilines is 2. The summed E-state index contributed by atoms with van der Waals surface area (Å²) in [5, 5.41) is 3.21. The van der Waals surface area contributed by atoms with Crippen molar-refractivity contribution in [2.24, 2.45) is 0 Å². The predicted octanol–water partition coefficient (Wildman–Crippen LogP) is 1.51. The number of rotatable bonds is 6. The molecule has 5 heteroatoms. The Bertz CT molecular complexity index is 331. The number of ether oxygens (including phenoxy) is 2. The Morgan fingerprint density at radius 2 is 2.25 bits per heavy atom. The second-order valence-corrected chi connectivity index (χ2v) is 3.50. The third kappa shape index (κ3) is 3.58. The van der Waals surface area contributed by atoms with E-state index < -0.39 is 0 Å². The molecule has 3 N–H and O–H groups in total. The molecule has 0 bridgehead atoms. The smallest absolute Gasteiger partial charge is 0.238 e. The molecule has 0 spiro atoms. The standard InChI is InChI=1S/C11H19N3O2/c1-4-16-7-8(2)13-10-6-5-9(12)11(14-10)15-3/h5-6,8H,4,7,12H2,1-3H3,(H,13,14). The molecule has 0 amide bonds. The summed E-state index contributed by atoms with van der Waals surface area (Å²) in [4.78, 5) is 4.22. The van der Waals surface area contributed by atoms with Gasteiger partial charge in [0.2, 0.25) is 5.88 Å². The van der Waals surface area contributed by atoms with E-state index in [0.717, 1.165) is 5.82 Å². The first kappa shape index (κ1) is 12.6. The summed E-state index contributed by atoms with van der Waals surface area (Å²) < 4.78 is 10.3. The number of hydrogen-bond donors (Lipinski definition) is 2. The lowest BCUT2D eigenvalue weighted by atomic mass is 10.3. The molecule has 0 aliphatic carbocycles. The number of aromatic nitrogens is 1. The minimum absolute atomic E-state index is 0.195. The fourth-order valence-electron chi connectivity index (χ4n) is 1.28. The molecule has 5 nitrogen and oxygen atoms in total. The predicted molar refractivity (Wildman–Crippen MR) is 64.8 cm³/mol. The number of pyridine rings is 1. The monoisotopic (exact) mass is 225 g/mol. The molecule has 90 valence electrons. The third-order valence-electron chi connectivity index (χ3n) is 2.05. The Hall–Kier alpha value is -1.49. The molecule has 0 aliphatic heterocycles. The van der Waals surface area contributed by atoms with E-state index in [-0.39, 0.29) is 6.04 Å². The van der Waals surface area contributed by atoms with Gasteiger partial charge in [-0.3, -0.25) is 0 Å². The molecular weight excluding hydrogens is 206 g/mol. The van der Waals surface area contributed by atoms with E-state index in [4.69, 9.17) is 15.2 Å². The van der Waals surface area contributed by atoms with Crippen LogP contribution in [0, 0.1) is 0 Å². The topological polar surface area (TPSA) is 69.4 Å². The van der Waals surface area contributed by atoms with Gasteiger partial charge < -0.3 is 20.5 Å². The number of methoxy groups -OCH3 is 1. The fourth-order valence-corrected chi connectivity index (χ4v) is 1.28. The summed E-state index contributed by atoms with van der Waals surface area (Å²) in [6.07, 6.45) is 0. The van der Waals surface area contributed by atoms with E-state index in [1.54, 1.807) is 13.2 Å². The van der Waals surface area contributed by atoms with Gasteiger partial charge in [-0.2, -0.15) is 4.98 Å². The van der Waals surface area contributed by atoms with Crippen molar-refractivity contribution in [1.29, 1.82) is 0 Å². The first-order valence-electron chi connectivity index (χ1n) is 5.32. The largest absolute Gasteiger partial charge is 0.479 e. The third-order valence-corrected chi connectivity index (χ3v) is 2.05. The normalized spacial score (nSPS) is 12.2. The van der Waals surface area contributed by atoms with Gasteiger partial charge in [0.1, 0.15) is 5.82 Å². The minimum atomic E-state index is 0.195. The average Bonchev–Trinajstić information content (AvgIpc) is 2.29. The molecule has 0 saturated carbocycles. The van der Waals surface area contributed by atoms with Crippen LogP contribution in [0.5, 0.6) is 5.88 Å². The van der Waals surface area contributed by atoms with Crippen molar-refractivity contribution < 1.29 is 9.47 Å². The van der Waals surface area contributed by atoms with Crippen LogP contribution in [0.25, 0.3) is 0 Å². The van der Waals surface area contributed by atoms with Gasteiger partial charge in [0, 0.05) is 12.6 Å². The van der Waals surface area contributed by atoms with E-state index in [1.165, 1.54) is 0 Å². The molecule has 0 aliphatic rings. The fraction of sp³-hybridized carbons (Fsp3) is 0.545. The molecule has 16 heavy (non-hydrogen) atoms. The maximum atomic E-state index is 5.67. The number of hydrogen-bond acceptors (Lipinski definition) is 5. The van der Waals surface area contributed by atoms with Crippen LogP contribution in [-0.4, -0.2) is 31.3 Å². The van der Waals surface area contributed by atoms with Crippen LogP contribution in [0.1, 0.15) is 13.8 Å². The number of nitrogen functional groups attached to an aromatic ring is 1. The van der Waals surface area contributed by atoms with E-state index in [1.807, 2.05) is 19.9 Å². The second-order valence-electron chi connectivity index (χ2n) is 3.50. The molecule has 1 aromatic rings. The lowest BCUT2D eigenvalue weighted by Gasteiger charge is -2.15. The van der Waals surface area contributed by atoms with E-state index in [2.05, 4.69) is 10.3 Å². The van der Waals surface area contributed by atoms with Crippen LogP contribution < -0.4 is 15.8 Å². The van der Waals surface area contributed by atoms with Crippen molar-refractivity contribution >= 4 is 11.5 Å². The minimum Gasteiger partial charge on any atom is -0.479 e. The van der Waals surface area contributed by atoms with Gasteiger partial charge in [-0.25, -0.2) is 0 Å². The van der Waals surface area contributed by atoms with Crippen LogP contribution in [-0.2, 0) is 4.74 Å². The molecule has 0 aromatic carbocycles. The molecule has 1 aromatic heterocycles. The lowest BCUT2D eigenvalue weighted by molar-refractivity contribution is 0.141. The Morgan fingerprint density at radius 3 is 2.88 bits per heavy atom. The molecule has 0 fully saturated rings. The van der Waals surface area contributed by atoms with Crippen molar-refractivity contribution in [3.63, 3.8) is 0 Å². The highest BCUT2D eigenvalue weighted by Gasteiger charge is 2.06. The molecule has 0 saturated heterocycles. The van der Waals surface area contributed by atoms with Crippen LogP contribution in [0.4, 0.5) is 11.5 Å². The van der Waals surface area contributed by atoms with Crippen molar-refractivity contribution in [3.05, 3.63) is 12.1 Å².